The van der Waals surface area contributed by atoms with E-state index in [-0.39, 0.29) is 45.6 Å². The van der Waals surface area contributed by atoms with E-state index in [1.54, 1.807) is 0 Å². The highest BCUT2D eigenvalue weighted by Crippen LogP contribution is 2.78. The number of aliphatic hydroxyl groups excluding tert-OH is 2. The molecule has 5 saturated carbocycles. The van der Waals surface area contributed by atoms with Gasteiger partial charge in [0.25, 0.3) is 0 Å². The summed E-state index contributed by atoms with van der Waals surface area (Å²) in [4.78, 5) is 13.3. The van der Waals surface area contributed by atoms with Gasteiger partial charge in [0.05, 0.1) is 11.7 Å². The van der Waals surface area contributed by atoms with Gasteiger partial charge in [-0.05, 0) is 111 Å². The van der Waals surface area contributed by atoms with Crippen molar-refractivity contribution in [2.75, 3.05) is 0 Å². The molecule has 0 aromatic heterocycles. The van der Waals surface area contributed by atoms with Gasteiger partial charge < -0.3 is 20.1 Å². The van der Waals surface area contributed by atoms with Gasteiger partial charge in [-0.15, -0.1) is 0 Å². The van der Waals surface area contributed by atoms with Crippen LogP contribution in [0.3, 0.4) is 0 Å². The Bertz CT molecular complexity index is 938. The predicted octanol–water partition coefficient (Wildman–Crippen LogP) is 4.71. The lowest BCUT2D eigenvalue weighted by Crippen LogP contribution is -2.68. The first-order valence-corrected chi connectivity index (χ1v) is 14.4. The summed E-state index contributed by atoms with van der Waals surface area (Å²) >= 11 is 0. The van der Waals surface area contributed by atoms with Crippen molar-refractivity contribution in [2.24, 2.45) is 56.7 Å². The molecule has 5 nitrogen and oxygen atoms in total. The van der Waals surface area contributed by atoms with Crippen LogP contribution < -0.4 is 0 Å². The van der Waals surface area contributed by atoms with Gasteiger partial charge in [0.15, 0.2) is 0 Å². The fourth-order valence-corrected chi connectivity index (χ4v) is 12.2. The normalized spacial score (nSPS) is 58.6. The summed E-state index contributed by atoms with van der Waals surface area (Å²) in [7, 11) is 0. The molecule has 2 bridgehead atoms. The first-order valence-electron chi connectivity index (χ1n) is 14.4. The highest BCUT2D eigenvalue weighted by Gasteiger charge is 2.80. The van der Waals surface area contributed by atoms with Crippen molar-refractivity contribution in [3.05, 3.63) is 0 Å². The standard InChI is InChI=1S/C30H48O5/c1-25(2)17-10-13-29(7)18(27(17,5)12-11-19(25)31)9-8-16-20-21(26(3,4)34)22-23(32)30(20,24(33)35-22)15-14-28(16,29)6/h16-23,31-32,34H,8-15H2,1-7H3/t16-,17+,18-,19+,20+,21+,22-,23-,27+,28-,29-,30+/m1/s1. The van der Waals surface area contributed by atoms with Crippen molar-refractivity contribution in [2.45, 2.75) is 124 Å². The molecular formula is C30H48O5. The smallest absolute Gasteiger partial charge is 0.315 e. The van der Waals surface area contributed by atoms with Crippen molar-refractivity contribution in [3.63, 3.8) is 0 Å². The van der Waals surface area contributed by atoms with Crippen molar-refractivity contribution < 1.29 is 24.9 Å². The summed E-state index contributed by atoms with van der Waals surface area (Å²) in [5, 5.41) is 33.6. The Labute approximate surface area is 211 Å². The van der Waals surface area contributed by atoms with Crippen LogP contribution in [-0.2, 0) is 9.53 Å². The molecular weight excluding hydrogens is 440 g/mol. The number of carbonyl (C=O) groups is 1. The molecule has 0 unspecified atom stereocenters. The Morgan fingerprint density at radius 2 is 1.54 bits per heavy atom. The zero-order valence-electron chi connectivity index (χ0n) is 22.9. The van der Waals surface area contributed by atoms with Crippen LogP contribution in [0.1, 0.15) is 99.8 Å². The molecule has 0 amide bonds. The lowest BCUT2D eigenvalue weighted by Gasteiger charge is -2.73. The van der Waals surface area contributed by atoms with E-state index in [2.05, 4.69) is 34.6 Å². The number of carbonyl (C=O) groups excluding carboxylic acids is 1. The lowest BCUT2D eigenvalue weighted by molar-refractivity contribution is -0.258. The van der Waals surface area contributed by atoms with Crippen LogP contribution in [0.15, 0.2) is 0 Å². The maximum absolute atomic E-state index is 13.3. The second-order valence-corrected chi connectivity index (χ2v) is 15.6. The molecule has 198 valence electrons. The van der Waals surface area contributed by atoms with E-state index < -0.39 is 23.2 Å². The molecule has 3 N–H and O–H groups in total. The fourth-order valence-electron chi connectivity index (χ4n) is 12.2. The van der Waals surface area contributed by atoms with Crippen LogP contribution in [0, 0.1) is 56.7 Å². The summed E-state index contributed by atoms with van der Waals surface area (Å²) in [6.45, 7) is 15.8. The number of esters is 1. The van der Waals surface area contributed by atoms with Gasteiger partial charge in [-0.1, -0.05) is 34.6 Å². The molecule has 5 aliphatic carbocycles. The number of fused-ring (bicyclic) bond motifs is 7. The number of hydrogen-bond donors (Lipinski definition) is 3. The first-order chi connectivity index (χ1) is 16.1. The van der Waals surface area contributed by atoms with Crippen LogP contribution in [0.2, 0.25) is 0 Å². The average Bonchev–Trinajstić information content (AvgIpc) is 3.14. The molecule has 0 radical (unpaired) electrons. The van der Waals surface area contributed by atoms with Crippen LogP contribution in [-0.4, -0.2) is 45.2 Å². The summed E-state index contributed by atoms with van der Waals surface area (Å²) in [5.74, 6) is 0.936. The maximum atomic E-state index is 13.3. The van der Waals surface area contributed by atoms with E-state index in [9.17, 15) is 20.1 Å². The van der Waals surface area contributed by atoms with Crippen molar-refractivity contribution in [1.29, 1.82) is 0 Å². The molecule has 12 atom stereocenters. The Morgan fingerprint density at radius 1 is 0.857 bits per heavy atom. The van der Waals surface area contributed by atoms with E-state index >= 15 is 0 Å². The van der Waals surface area contributed by atoms with E-state index in [0.29, 0.717) is 24.2 Å². The zero-order valence-corrected chi connectivity index (χ0v) is 22.9. The monoisotopic (exact) mass is 488 g/mol. The van der Waals surface area contributed by atoms with Crippen LogP contribution >= 0.6 is 0 Å². The highest BCUT2D eigenvalue weighted by molar-refractivity contribution is 5.82. The van der Waals surface area contributed by atoms with Gasteiger partial charge in [0.1, 0.15) is 17.6 Å². The topological polar surface area (TPSA) is 87.0 Å². The molecule has 1 spiro atoms. The average molecular weight is 489 g/mol. The number of aliphatic hydroxyl groups is 3. The van der Waals surface area contributed by atoms with Gasteiger partial charge in [0, 0.05) is 5.92 Å². The molecule has 5 heteroatoms. The SMILES string of the molecule is CC(C)(O)[C@@H]1[C@H]2OC(=O)[C@]3(CC[C@]4(C)[C@H](CC[C@@H]5[C@@]6(C)CC[C@H](O)C(C)(C)[C@@H]6CC[C@]54C)[C@@H]13)[C@@H]2O. The van der Waals surface area contributed by atoms with E-state index in [0.717, 1.165) is 44.9 Å². The third-order valence-electron chi connectivity index (χ3n) is 14.0. The summed E-state index contributed by atoms with van der Waals surface area (Å²) in [6.07, 6.45) is 6.46. The predicted molar refractivity (Wildman–Crippen MR) is 133 cm³/mol. The van der Waals surface area contributed by atoms with Crippen molar-refractivity contribution in [1.82, 2.24) is 0 Å². The van der Waals surface area contributed by atoms with Crippen LogP contribution in [0.25, 0.3) is 0 Å². The quantitative estimate of drug-likeness (QED) is 0.466. The molecule has 6 aliphatic rings. The Morgan fingerprint density at radius 3 is 2.20 bits per heavy atom. The zero-order chi connectivity index (χ0) is 25.6. The number of hydrogen-bond acceptors (Lipinski definition) is 5. The molecule has 6 rings (SSSR count). The van der Waals surface area contributed by atoms with E-state index in [1.165, 1.54) is 0 Å². The lowest BCUT2D eigenvalue weighted by atomic mass is 9.32. The molecule has 1 saturated heterocycles. The van der Waals surface area contributed by atoms with Crippen LogP contribution in [0.5, 0.6) is 0 Å². The van der Waals surface area contributed by atoms with Gasteiger partial charge in [-0.3, -0.25) is 4.79 Å². The second kappa shape index (κ2) is 6.86. The largest absolute Gasteiger partial charge is 0.459 e. The van der Waals surface area contributed by atoms with E-state index in [4.69, 9.17) is 4.74 Å². The van der Waals surface area contributed by atoms with Gasteiger partial charge in [0.2, 0.25) is 0 Å². The Hall–Kier alpha value is -0.650. The molecule has 0 aromatic carbocycles. The maximum Gasteiger partial charge on any atom is 0.315 e. The molecule has 6 fully saturated rings. The van der Waals surface area contributed by atoms with Gasteiger partial charge >= 0.3 is 5.97 Å². The minimum absolute atomic E-state index is 0.0320. The Balaban J connectivity index is 1.43. The number of ether oxygens (including phenoxy) is 1. The molecule has 1 heterocycles. The van der Waals surface area contributed by atoms with Gasteiger partial charge in [-0.2, -0.15) is 0 Å². The summed E-state index contributed by atoms with van der Waals surface area (Å²) < 4.78 is 5.76. The van der Waals surface area contributed by atoms with Crippen LogP contribution in [0.4, 0.5) is 0 Å². The highest BCUT2D eigenvalue weighted by atomic mass is 16.6. The van der Waals surface area contributed by atoms with Crippen molar-refractivity contribution in [3.8, 4) is 0 Å². The van der Waals surface area contributed by atoms with Crippen molar-refractivity contribution >= 4 is 5.97 Å². The third kappa shape index (κ3) is 2.60. The molecule has 35 heavy (non-hydrogen) atoms. The second-order valence-electron chi connectivity index (χ2n) is 15.6. The Kier molecular flexibility index (Phi) is 4.83. The van der Waals surface area contributed by atoms with E-state index in [1.807, 2.05) is 13.8 Å². The molecule has 0 aromatic rings. The fraction of sp³-hybridized carbons (Fsp3) is 0.967. The van der Waals surface area contributed by atoms with Gasteiger partial charge in [-0.25, -0.2) is 0 Å². The first kappa shape index (κ1) is 24.7. The summed E-state index contributed by atoms with van der Waals surface area (Å²) in [5.41, 5.74) is -1.52. The number of rotatable bonds is 1. The minimum atomic E-state index is -1.01. The summed E-state index contributed by atoms with van der Waals surface area (Å²) in [6, 6.07) is 0. The third-order valence-corrected chi connectivity index (χ3v) is 14.0. The molecule has 1 aliphatic heterocycles. The minimum Gasteiger partial charge on any atom is -0.459 e.